The highest BCUT2D eigenvalue weighted by Gasteiger charge is 2.48. The fourth-order valence-electron chi connectivity index (χ4n) is 3.28. The minimum Gasteiger partial charge on any atom is -0.394 e. The van der Waals surface area contributed by atoms with Gasteiger partial charge in [-0.2, -0.15) is 0 Å². The summed E-state index contributed by atoms with van der Waals surface area (Å²) >= 11 is 0. The lowest BCUT2D eigenvalue weighted by Crippen LogP contribution is -2.66. The maximum absolute atomic E-state index is 11.4. The first-order chi connectivity index (χ1) is 13.6. The van der Waals surface area contributed by atoms with E-state index in [0.29, 0.717) is 0 Å². The molecule has 8 N–H and O–H groups in total. The zero-order valence-electron chi connectivity index (χ0n) is 15.9. The third-order valence-electron chi connectivity index (χ3n) is 4.77. The molecule has 0 aromatic rings. The summed E-state index contributed by atoms with van der Waals surface area (Å²) in [6, 6.07) is -2.46. The van der Waals surface area contributed by atoms with Crippen LogP contribution in [0.25, 0.3) is 0 Å². The number of aliphatic hydroxyl groups excluding tert-OH is 6. The van der Waals surface area contributed by atoms with Crippen LogP contribution in [0.5, 0.6) is 0 Å². The van der Waals surface area contributed by atoms with Crippen molar-refractivity contribution in [2.75, 3.05) is 13.2 Å². The van der Waals surface area contributed by atoms with E-state index in [1.165, 1.54) is 13.8 Å². The predicted molar refractivity (Wildman–Crippen MR) is 91.8 cm³/mol. The second kappa shape index (κ2) is 10.1. The van der Waals surface area contributed by atoms with Gasteiger partial charge in [-0.15, -0.1) is 0 Å². The predicted octanol–water partition coefficient (Wildman–Crippen LogP) is -5.11. The minimum atomic E-state index is -1.64. The molecule has 0 spiro atoms. The van der Waals surface area contributed by atoms with Crippen LogP contribution in [-0.4, -0.2) is 117 Å². The summed E-state index contributed by atoms with van der Waals surface area (Å²) in [6.45, 7) is 1.26. The van der Waals surface area contributed by atoms with Crippen LogP contribution in [0, 0.1) is 0 Å². The van der Waals surface area contributed by atoms with E-state index in [-0.39, 0.29) is 0 Å². The van der Waals surface area contributed by atoms with E-state index in [4.69, 9.17) is 14.2 Å². The topological polar surface area (TPSA) is 207 Å². The number of aliphatic hydroxyl groups is 6. The zero-order chi connectivity index (χ0) is 21.9. The normalized spacial score (nSPS) is 42.9. The van der Waals surface area contributed by atoms with Gasteiger partial charge in [0.1, 0.15) is 48.7 Å². The molecule has 2 heterocycles. The molecule has 2 aliphatic heterocycles. The molecule has 0 radical (unpaired) electrons. The second-order valence-corrected chi connectivity index (χ2v) is 7.04. The number of hydrogen-bond donors (Lipinski definition) is 8. The van der Waals surface area contributed by atoms with Gasteiger partial charge in [-0.1, -0.05) is 0 Å². The van der Waals surface area contributed by atoms with E-state index in [1.54, 1.807) is 0 Å². The highest BCUT2D eigenvalue weighted by atomic mass is 16.7. The Hall–Kier alpha value is -1.42. The number of rotatable bonds is 6. The molecule has 2 amide bonds. The number of hydrogen-bond acceptors (Lipinski definition) is 11. The fraction of sp³-hybridized carbons (Fsp3) is 0.875. The van der Waals surface area contributed by atoms with E-state index in [1.807, 2.05) is 0 Å². The Morgan fingerprint density at radius 2 is 1.34 bits per heavy atom. The van der Waals surface area contributed by atoms with Crippen LogP contribution in [0.15, 0.2) is 0 Å². The van der Waals surface area contributed by atoms with Gasteiger partial charge in [0.15, 0.2) is 12.6 Å². The summed E-state index contributed by atoms with van der Waals surface area (Å²) in [5, 5.41) is 64.4. The van der Waals surface area contributed by atoms with Crippen LogP contribution in [0.4, 0.5) is 0 Å². The van der Waals surface area contributed by atoms with Crippen molar-refractivity contribution >= 4 is 11.8 Å². The lowest BCUT2D eigenvalue weighted by atomic mass is 9.96. The standard InChI is InChI=1S/C16H28N2O11/c1-5(20)17-9-13(24)12(23)8(28-15(9)26)4-27-16-10(18-6(2)21)14(25)11(22)7(3-19)29-16/h7-16,19,22-26H,3-4H2,1-2H3,(H,17,20)(H,18,21)/t7-,8-,9+,10-,11-,12-,13-,14-,15?,16-/m1/s1. The number of ether oxygens (including phenoxy) is 3. The minimum absolute atomic E-state index is 0.455. The molecule has 2 aliphatic rings. The number of carbonyl (C=O) groups excluding carboxylic acids is 2. The maximum Gasteiger partial charge on any atom is 0.217 e. The molecular formula is C16H28N2O11. The Morgan fingerprint density at radius 1 is 0.828 bits per heavy atom. The molecule has 2 fully saturated rings. The van der Waals surface area contributed by atoms with Crippen LogP contribution >= 0.6 is 0 Å². The molecule has 168 valence electrons. The van der Waals surface area contributed by atoms with Crippen molar-refractivity contribution < 1.29 is 54.4 Å². The molecule has 0 saturated carbocycles. The van der Waals surface area contributed by atoms with Crippen molar-refractivity contribution in [3.63, 3.8) is 0 Å². The lowest BCUT2D eigenvalue weighted by Gasteiger charge is -2.44. The van der Waals surface area contributed by atoms with E-state index in [0.717, 1.165) is 0 Å². The highest BCUT2D eigenvalue weighted by molar-refractivity contribution is 5.73. The van der Waals surface area contributed by atoms with Gasteiger partial charge in [0.25, 0.3) is 0 Å². The van der Waals surface area contributed by atoms with Crippen molar-refractivity contribution in [1.82, 2.24) is 10.6 Å². The van der Waals surface area contributed by atoms with Gasteiger partial charge in [-0.05, 0) is 0 Å². The molecule has 0 aromatic heterocycles. The monoisotopic (exact) mass is 424 g/mol. The lowest BCUT2D eigenvalue weighted by molar-refractivity contribution is -0.297. The Bertz CT molecular complexity index is 579. The number of carbonyl (C=O) groups is 2. The van der Waals surface area contributed by atoms with Gasteiger partial charge in [-0.25, -0.2) is 0 Å². The maximum atomic E-state index is 11.4. The Balaban J connectivity index is 2.05. The average molecular weight is 424 g/mol. The van der Waals surface area contributed by atoms with Crippen LogP contribution < -0.4 is 10.6 Å². The highest BCUT2D eigenvalue weighted by Crippen LogP contribution is 2.25. The molecule has 2 rings (SSSR count). The summed E-state index contributed by atoms with van der Waals surface area (Å²) in [7, 11) is 0. The summed E-state index contributed by atoms with van der Waals surface area (Å²) in [6.07, 6.45) is -11.5. The molecule has 0 aliphatic carbocycles. The van der Waals surface area contributed by atoms with Crippen molar-refractivity contribution in [2.45, 2.75) is 75.1 Å². The second-order valence-electron chi connectivity index (χ2n) is 7.04. The van der Waals surface area contributed by atoms with Crippen LogP contribution in [-0.2, 0) is 23.8 Å². The first kappa shape index (κ1) is 23.9. The molecule has 1 unspecified atom stereocenters. The van der Waals surface area contributed by atoms with Crippen LogP contribution in [0.3, 0.4) is 0 Å². The van der Waals surface area contributed by atoms with Crippen molar-refractivity contribution in [3.8, 4) is 0 Å². The van der Waals surface area contributed by atoms with E-state index >= 15 is 0 Å². The van der Waals surface area contributed by atoms with Gasteiger partial charge >= 0.3 is 0 Å². The SMILES string of the molecule is CC(=O)N[C@H]1[C@H](OC[C@H]2OC(O)[C@@H](NC(C)=O)[C@@H](O)[C@@H]2O)O[C@H](CO)[C@@H](O)[C@@H]1O. The molecule has 0 bridgehead atoms. The molecule has 10 atom stereocenters. The van der Waals surface area contributed by atoms with E-state index in [9.17, 15) is 40.2 Å². The quantitative estimate of drug-likeness (QED) is 0.202. The van der Waals surface area contributed by atoms with Gasteiger partial charge in [0.05, 0.1) is 13.2 Å². The van der Waals surface area contributed by atoms with Crippen LogP contribution in [0.2, 0.25) is 0 Å². The third-order valence-corrected chi connectivity index (χ3v) is 4.77. The molecular weight excluding hydrogens is 396 g/mol. The summed E-state index contributed by atoms with van der Waals surface area (Å²) in [5.41, 5.74) is 0. The van der Waals surface area contributed by atoms with Gasteiger partial charge in [0.2, 0.25) is 11.8 Å². The van der Waals surface area contributed by atoms with Gasteiger partial charge < -0.3 is 55.5 Å². The van der Waals surface area contributed by atoms with Crippen molar-refractivity contribution in [2.24, 2.45) is 0 Å². The summed E-state index contributed by atoms with van der Waals surface area (Å²) in [4.78, 5) is 22.6. The largest absolute Gasteiger partial charge is 0.394 e. The third kappa shape index (κ3) is 5.59. The van der Waals surface area contributed by atoms with E-state index < -0.39 is 86.3 Å². The Morgan fingerprint density at radius 3 is 1.90 bits per heavy atom. The first-order valence-electron chi connectivity index (χ1n) is 9.04. The van der Waals surface area contributed by atoms with Crippen molar-refractivity contribution in [1.29, 1.82) is 0 Å². The van der Waals surface area contributed by atoms with Crippen LogP contribution in [0.1, 0.15) is 13.8 Å². The van der Waals surface area contributed by atoms with Crippen molar-refractivity contribution in [3.05, 3.63) is 0 Å². The molecule has 29 heavy (non-hydrogen) atoms. The van der Waals surface area contributed by atoms with E-state index in [2.05, 4.69) is 10.6 Å². The fourth-order valence-corrected chi connectivity index (χ4v) is 3.28. The Labute approximate surface area is 166 Å². The zero-order valence-corrected chi connectivity index (χ0v) is 15.9. The van der Waals surface area contributed by atoms with Gasteiger partial charge in [0, 0.05) is 13.8 Å². The van der Waals surface area contributed by atoms with Gasteiger partial charge in [-0.3, -0.25) is 9.59 Å². The number of nitrogens with one attached hydrogen (secondary N) is 2. The Kier molecular flexibility index (Phi) is 8.28. The smallest absolute Gasteiger partial charge is 0.217 e. The summed E-state index contributed by atoms with van der Waals surface area (Å²) in [5.74, 6) is -1.09. The average Bonchev–Trinajstić information content (AvgIpc) is 2.65. The summed E-state index contributed by atoms with van der Waals surface area (Å²) < 4.78 is 16.0. The molecule has 2 saturated heterocycles. The molecule has 0 aromatic carbocycles. The molecule has 13 nitrogen and oxygen atoms in total. The first-order valence-corrected chi connectivity index (χ1v) is 9.04. The molecule has 13 heteroatoms. The number of amides is 2.